The number of carbonyl (C=O) groups excluding carboxylic acids is 2. The standard InChI is InChI=1S/C16H18N4O2/c1-11(2)20-15(21)10-19-16(22)13-5-3-12(4-6-13)14-9-17-7-8-18-14/h3-9,11H,10H2,1-2H3,(H,19,22)(H,20,21). The Morgan fingerprint density at radius 2 is 1.86 bits per heavy atom. The van der Waals surface area contributed by atoms with Crippen LogP contribution in [-0.2, 0) is 4.79 Å². The third kappa shape index (κ3) is 4.37. The number of hydrogen-bond donors (Lipinski definition) is 2. The fourth-order valence-electron chi connectivity index (χ4n) is 1.88. The Morgan fingerprint density at radius 1 is 1.14 bits per heavy atom. The lowest BCUT2D eigenvalue weighted by Gasteiger charge is -2.09. The molecule has 0 unspecified atom stereocenters. The molecule has 2 amide bonds. The topological polar surface area (TPSA) is 84.0 Å². The van der Waals surface area contributed by atoms with Crippen molar-refractivity contribution in [2.75, 3.05) is 6.54 Å². The normalized spacial score (nSPS) is 10.3. The molecular formula is C16H18N4O2. The van der Waals surface area contributed by atoms with Crippen molar-refractivity contribution in [1.29, 1.82) is 0 Å². The number of amides is 2. The number of aromatic nitrogens is 2. The van der Waals surface area contributed by atoms with Crippen LogP contribution in [0.15, 0.2) is 42.9 Å². The highest BCUT2D eigenvalue weighted by molar-refractivity contribution is 5.96. The molecule has 0 saturated carbocycles. The van der Waals surface area contributed by atoms with E-state index in [1.807, 2.05) is 13.8 Å². The molecule has 0 saturated heterocycles. The zero-order valence-electron chi connectivity index (χ0n) is 12.5. The summed E-state index contributed by atoms with van der Waals surface area (Å²) in [5, 5.41) is 5.30. The summed E-state index contributed by atoms with van der Waals surface area (Å²) in [6, 6.07) is 7.04. The van der Waals surface area contributed by atoms with Crippen molar-refractivity contribution in [3.8, 4) is 11.3 Å². The van der Waals surface area contributed by atoms with Crippen LogP contribution in [0.1, 0.15) is 24.2 Å². The van der Waals surface area contributed by atoms with Crippen LogP contribution in [0.5, 0.6) is 0 Å². The molecule has 1 aromatic heterocycles. The Morgan fingerprint density at radius 3 is 2.45 bits per heavy atom. The number of hydrogen-bond acceptors (Lipinski definition) is 4. The minimum Gasteiger partial charge on any atom is -0.352 e. The third-order valence-corrected chi connectivity index (χ3v) is 2.87. The van der Waals surface area contributed by atoms with E-state index in [0.717, 1.165) is 11.3 Å². The quantitative estimate of drug-likeness (QED) is 0.874. The molecule has 0 aliphatic carbocycles. The van der Waals surface area contributed by atoms with Crippen molar-refractivity contribution in [2.24, 2.45) is 0 Å². The molecule has 2 aromatic rings. The van der Waals surface area contributed by atoms with Gasteiger partial charge in [0.05, 0.1) is 18.4 Å². The highest BCUT2D eigenvalue weighted by Gasteiger charge is 2.09. The van der Waals surface area contributed by atoms with Gasteiger partial charge in [-0.3, -0.25) is 19.6 Å². The number of benzene rings is 1. The summed E-state index contributed by atoms with van der Waals surface area (Å²) in [5.74, 6) is -0.496. The molecule has 0 aliphatic heterocycles. The molecule has 1 heterocycles. The Balaban J connectivity index is 1.95. The lowest BCUT2D eigenvalue weighted by molar-refractivity contribution is -0.120. The molecule has 0 radical (unpaired) electrons. The van der Waals surface area contributed by atoms with Crippen LogP contribution >= 0.6 is 0 Å². The average molecular weight is 298 g/mol. The molecule has 6 heteroatoms. The van der Waals surface area contributed by atoms with Gasteiger partial charge in [0.2, 0.25) is 5.91 Å². The zero-order chi connectivity index (χ0) is 15.9. The molecule has 2 rings (SSSR count). The maximum absolute atomic E-state index is 12.0. The largest absolute Gasteiger partial charge is 0.352 e. The Kier molecular flexibility index (Phi) is 5.19. The van der Waals surface area contributed by atoms with Crippen LogP contribution in [0.2, 0.25) is 0 Å². The van der Waals surface area contributed by atoms with E-state index < -0.39 is 0 Å². The first-order valence-electron chi connectivity index (χ1n) is 7.00. The second-order valence-electron chi connectivity index (χ2n) is 5.07. The lowest BCUT2D eigenvalue weighted by atomic mass is 10.1. The molecule has 2 N–H and O–H groups in total. The van der Waals surface area contributed by atoms with E-state index in [1.54, 1.807) is 42.9 Å². The summed E-state index contributed by atoms with van der Waals surface area (Å²) in [7, 11) is 0. The van der Waals surface area contributed by atoms with E-state index in [4.69, 9.17) is 0 Å². The summed E-state index contributed by atoms with van der Waals surface area (Å²) in [5.41, 5.74) is 2.11. The minimum atomic E-state index is -0.287. The molecule has 6 nitrogen and oxygen atoms in total. The van der Waals surface area contributed by atoms with Crippen molar-refractivity contribution < 1.29 is 9.59 Å². The van der Waals surface area contributed by atoms with Crippen LogP contribution in [0.25, 0.3) is 11.3 Å². The number of nitrogens with zero attached hydrogens (tertiary/aromatic N) is 2. The van der Waals surface area contributed by atoms with Crippen molar-refractivity contribution in [3.05, 3.63) is 48.4 Å². The molecule has 0 spiro atoms. The Labute approximate surface area is 129 Å². The van der Waals surface area contributed by atoms with E-state index in [9.17, 15) is 9.59 Å². The second kappa shape index (κ2) is 7.31. The fourth-order valence-corrected chi connectivity index (χ4v) is 1.88. The number of nitrogens with one attached hydrogen (secondary N) is 2. The monoisotopic (exact) mass is 298 g/mol. The van der Waals surface area contributed by atoms with Crippen molar-refractivity contribution in [1.82, 2.24) is 20.6 Å². The predicted molar refractivity (Wildman–Crippen MR) is 83.1 cm³/mol. The van der Waals surface area contributed by atoms with Gasteiger partial charge in [-0.1, -0.05) is 12.1 Å². The van der Waals surface area contributed by atoms with E-state index in [0.29, 0.717) is 5.56 Å². The van der Waals surface area contributed by atoms with Gasteiger partial charge in [0, 0.05) is 29.6 Å². The predicted octanol–water partition coefficient (Wildman–Crippen LogP) is 1.40. The molecule has 0 bridgehead atoms. The van der Waals surface area contributed by atoms with Gasteiger partial charge in [0.15, 0.2) is 0 Å². The molecular weight excluding hydrogens is 280 g/mol. The van der Waals surface area contributed by atoms with Gasteiger partial charge in [0.1, 0.15) is 0 Å². The smallest absolute Gasteiger partial charge is 0.251 e. The SMILES string of the molecule is CC(C)NC(=O)CNC(=O)c1ccc(-c2cnccn2)cc1. The Bertz CT molecular complexity index is 639. The molecule has 0 aliphatic rings. The van der Waals surface area contributed by atoms with Crippen LogP contribution < -0.4 is 10.6 Å². The Hall–Kier alpha value is -2.76. The van der Waals surface area contributed by atoms with Gasteiger partial charge in [-0.2, -0.15) is 0 Å². The number of rotatable bonds is 5. The van der Waals surface area contributed by atoms with Gasteiger partial charge in [-0.25, -0.2) is 0 Å². The van der Waals surface area contributed by atoms with Gasteiger partial charge in [-0.05, 0) is 26.0 Å². The van der Waals surface area contributed by atoms with E-state index in [2.05, 4.69) is 20.6 Å². The van der Waals surface area contributed by atoms with E-state index >= 15 is 0 Å². The highest BCUT2D eigenvalue weighted by atomic mass is 16.2. The molecule has 22 heavy (non-hydrogen) atoms. The first kappa shape index (κ1) is 15.6. The van der Waals surface area contributed by atoms with Crippen LogP contribution in [0.3, 0.4) is 0 Å². The minimum absolute atomic E-state index is 0.0388. The first-order valence-corrected chi connectivity index (χ1v) is 7.00. The summed E-state index contributed by atoms with van der Waals surface area (Å²) in [6.45, 7) is 3.69. The summed E-state index contributed by atoms with van der Waals surface area (Å²) < 4.78 is 0. The van der Waals surface area contributed by atoms with Gasteiger partial charge in [-0.15, -0.1) is 0 Å². The highest BCUT2D eigenvalue weighted by Crippen LogP contribution is 2.15. The van der Waals surface area contributed by atoms with Gasteiger partial charge in [0.25, 0.3) is 5.91 Å². The molecule has 114 valence electrons. The van der Waals surface area contributed by atoms with Crippen molar-refractivity contribution in [3.63, 3.8) is 0 Å². The number of carbonyl (C=O) groups is 2. The molecule has 1 aromatic carbocycles. The van der Waals surface area contributed by atoms with Crippen LogP contribution in [-0.4, -0.2) is 34.4 Å². The van der Waals surface area contributed by atoms with E-state index in [1.165, 1.54) is 0 Å². The van der Waals surface area contributed by atoms with Gasteiger partial charge >= 0.3 is 0 Å². The average Bonchev–Trinajstić information content (AvgIpc) is 2.53. The van der Waals surface area contributed by atoms with Gasteiger partial charge < -0.3 is 10.6 Å². The maximum Gasteiger partial charge on any atom is 0.251 e. The van der Waals surface area contributed by atoms with Crippen LogP contribution in [0, 0.1) is 0 Å². The summed E-state index contributed by atoms with van der Waals surface area (Å²) in [4.78, 5) is 31.7. The van der Waals surface area contributed by atoms with Crippen molar-refractivity contribution >= 4 is 11.8 Å². The first-order chi connectivity index (χ1) is 10.6. The summed E-state index contributed by atoms with van der Waals surface area (Å²) in [6.07, 6.45) is 4.88. The van der Waals surface area contributed by atoms with Crippen molar-refractivity contribution in [2.45, 2.75) is 19.9 Å². The lowest BCUT2D eigenvalue weighted by Crippen LogP contribution is -2.39. The third-order valence-electron chi connectivity index (χ3n) is 2.87. The fraction of sp³-hybridized carbons (Fsp3) is 0.250. The second-order valence-corrected chi connectivity index (χ2v) is 5.07. The van der Waals surface area contributed by atoms with Crippen LogP contribution in [0.4, 0.5) is 0 Å². The summed E-state index contributed by atoms with van der Waals surface area (Å²) >= 11 is 0. The molecule has 0 fully saturated rings. The van der Waals surface area contributed by atoms with E-state index in [-0.39, 0.29) is 24.4 Å². The maximum atomic E-state index is 12.0. The molecule has 0 atom stereocenters. The zero-order valence-corrected chi connectivity index (χ0v) is 12.5.